The second kappa shape index (κ2) is 9.10. The first-order valence-corrected chi connectivity index (χ1v) is 10.7. The quantitative estimate of drug-likeness (QED) is 0.384. The zero-order valence-electron chi connectivity index (χ0n) is 18.9. The third kappa shape index (κ3) is 4.58. The Morgan fingerprint density at radius 3 is 2.50 bits per heavy atom. The van der Waals surface area contributed by atoms with Crippen molar-refractivity contribution in [2.75, 3.05) is 0 Å². The third-order valence-corrected chi connectivity index (χ3v) is 5.58. The Labute approximate surface area is 204 Å². The van der Waals surface area contributed by atoms with E-state index in [0.717, 1.165) is 11.3 Å². The molecule has 2 aromatic heterocycles. The van der Waals surface area contributed by atoms with E-state index in [9.17, 15) is 14.0 Å². The summed E-state index contributed by atoms with van der Waals surface area (Å²) in [5.41, 5.74) is 3.81. The molecule has 1 atom stereocenters. The minimum atomic E-state index is -3.73. The van der Waals surface area contributed by atoms with Crippen LogP contribution in [0.2, 0.25) is 0 Å². The van der Waals surface area contributed by atoms with Crippen molar-refractivity contribution in [2.45, 2.75) is 19.0 Å². The molecule has 0 amide bonds. The predicted octanol–water partition coefficient (Wildman–Crippen LogP) is 4.85. The highest BCUT2D eigenvalue weighted by atomic mass is 19.3. The number of pyridine rings is 1. The van der Waals surface area contributed by atoms with Crippen molar-refractivity contribution in [3.63, 3.8) is 0 Å². The minimum absolute atomic E-state index is 0.0785. The minimum Gasteiger partial charge on any atom is -0.395 e. The molecule has 0 saturated carbocycles. The van der Waals surface area contributed by atoms with Crippen molar-refractivity contribution < 1.29 is 23.0 Å². The molecular formula is C26H17F2N5O3. The Bertz CT molecular complexity index is 1520. The van der Waals surface area contributed by atoms with E-state index in [-0.39, 0.29) is 23.8 Å². The number of rotatable bonds is 6. The smallest absolute Gasteiger partial charge is 0.395 e. The van der Waals surface area contributed by atoms with Crippen molar-refractivity contribution in [3.05, 3.63) is 95.2 Å². The van der Waals surface area contributed by atoms with Crippen LogP contribution in [0.1, 0.15) is 34.2 Å². The zero-order valence-corrected chi connectivity index (χ0v) is 18.9. The van der Waals surface area contributed by atoms with Crippen molar-refractivity contribution in [3.8, 4) is 34.9 Å². The van der Waals surface area contributed by atoms with Gasteiger partial charge in [-0.25, -0.2) is 9.97 Å². The van der Waals surface area contributed by atoms with Gasteiger partial charge < -0.3 is 18.8 Å². The molecular weight excluding hydrogens is 468 g/mol. The molecule has 0 fully saturated rings. The summed E-state index contributed by atoms with van der Waals surface area (Å²) in [5.74, 6) is -0.193. The summed E-state index contributed by atoms with van der Waals surface area (Å²) in [6.07, 6.45) is -0.866. The van der Waals surface area contributed by atoms with Gasteiger partial charge >= 0.3 is 6.29 Å². The molecule has 178 valence electrons. The Morgan fingerprint density at radius 1 is 1.03 bits per heavy atom. The van der Waals surface area contributed by atoms with Crippen molar-refractivity contribution in [1.29, 1.82) is 10.5 Å². The van der Waals surface area contributed by atoms with Gasteiger partial charge in [-0.15, -0.1) is 8.78 Å². The molecule has 3 heterocycles. The molecule has 8 nitrogen and oxygen atoms in total. The molecule has 5 rings (SSSR count). The van der Waals surface area contributed by atoms with Gasteiger partial charge in [0.15, 0.2) is 11.5 Å². The number of hydrogen-bond donors (Lipinski definition) is 0. The second-order valence-electron chi connectivity index (χ2n) is 8.04. The lowest BCUT2D eigenvalue weighted by Gasteiger charge is -2.19. The van der Waals surface area contributed by atoms with E-state index >= 15 is 0 Å². The van der Waals surface area contributed by atoms with Crippen LogP contribution >= 0.6 is 0 Å². The Kier molecular flexibility index (Phi) is 5.80. The number of imidazole rings is 1. The second-order valence-corrected chi connectivity index (χ2v) is 8.04. The number of nitriles is 2. The predicted molar refractivity (Wildman–Crippen MR) is 122 cm³/mol. The molecule has 0 spiro atoms. The lowest BCUT2D eigenvalue weighted by atomic mass is 10.0. The topological polar surface area (TPSA) is 106 Å². The molecule has 36 heavy (non-hydrogen) atoms. The van der Waals surface area contributed by atoms with E-state index in [1.54, 1.807) is 42.9 Å². The third-order valence-electron chi connectivity index (χ3n) is 5.58. The molecule has 2 aromatic carbocycles. The van der Waals surface area contributed by atoms with Gasteiger partial charge in [-0.05, 0) is 53.6 Å². The monoisotopic (exact) mass is 485 g/mol. The van der Waals surface area contributed by atoms with Gasteiger partial charge in [0.1, 0.15) is 17.9 Å². The lowest BCUT2D eigenvalue weighted by molar-refractivity contribution is -0.286. The average Bonchev–Trinajstić information content (AvgIpc) is 3.44. The Balaban J connectivity index is 1.44. The van der Waals surface area contributed by atoms with Gasteiger partial charge in [-0.1, -0.05) is 12.1 Å². The molecule has 1 aliphatic heterocycles. The van der Waals surface area contributed by atoms with Crippen LogP contribution in [-0.2, 0) is 18.4 Å². The van der Waals surface area contributed by atoms with E-state index in [1.807, 2.05) is 29.8 Å². The van der Waals surface area contributed by atoms with Gasteiger partial charge in [0.2, 0.25) is 0 Å². The zero-order chi connectivity index (χ0) is 25.3. The normalized spacial score (nSPS) is 14.1. The van der Waals surface area contributed by atoms with E-state index in [1.165, 1.54) is 12.1 Å². The number of ether oxygens (including phenoxy) is 3. The van der Waals surface area contributed by atoms with Crippen molar-refractivity contribution in [2.24, 2.45) is 7.05 Å². The Hall–Kier alpha value is -4.80. The van der Waals surface area contributed by atoms with E-state index in [4.69, 9.17) is 10.00 Å². The van der Waals surface area contributed by atoms with Crippen LogP contribution in [0, 0.1) is 22.7 Å². The highest BCUT2D eigenvalue weighted by Gasteiger charge is 2.43. The lowest BCUT2D eigenvalue weighted by Crippen LogP contribution is -2.25. The maximum Gasteiger partial charge on any atom is 0.586 e. The molecule has 1 unspecified atom stereocenters. The molecule has 0 radical (unpaired) electrons. The summed E-state index contributed by atoms with van der Waals surface area (Å²) in [6, 6.07) is 18.8. The van der Waals surface area contributed by atoms with Gasteiger partial charge in [-0.2, -0.15) is 10.5 Å². The van der Waals surface area contributed by atoms with Crippen LogP contribution in [0.3, 0.4) is 0 Å². The van der Waals surface area contributed by atoms with Crippen molar-refractivity contribution >= 4 is 0 Å². The van der Waals surface area contributed by atoms with Crippen LogP contribution in [0.15, 0.2) is 67.1 Å². The Morgan fingerprint density at radius 2 is 1.81 bits per heavy atom. The fraction of sp³-hybridized carbons (Fsp3) is 0.154. The summed E-state index contributed by atoms with van der Waals surface area (Å²) in [7, 11) is 1.85. The number of fused-ring (bicyclic) bond motifs is 1. The summed E-state index contributed by atoms with van der Waals surface area (Å²) < 4.78 is 43.9. The number of halogens is 2. The number of aryl methyl sites for hydroxylation is 1. The van der Waals surface area contributed by atoms with E-state index in [0.29, 0.717) is 22.4 Å². The first kappa shape index (κ1) is 23.0. The average molecular weight is 485 g/mol. The van der Waals surface area contributed by atoms with Gasteiger partial charge in [-0.3, -0.25) is 0 Å². The van der Waals surface area contributed by atoms with E-state index < -0.39 is 12.4 Å². The maximum absolute atomic E-state index is 13.4. The summed E-state index contributed by atoms with van der Waals surface area (Å²) >= 11 is 0. The first-order chi connectivity index (χ1) is 17.3. The molecule has 0 N–H and O–H groups in total. The van der Waals surface area contributed by atoms with Gasteiger partial charge in [0, 0.05) is 12.6 Å². The van der Waals surface area contributed by atoms with Crippen LogP contribution in [0.25, 0.3) is 11.3 Å². The SMILES string of the molecule is Cn1cncc1C(OCc1cc(C#N)nc(-c2ccc3c(c2)OC(F)(F)O3)c1)c1ccc(C#N)cc1. The van der Waals surface area contributed by atoms with Gasteiger partial charge in [0.25, 0.3) is 0 Å². The van der Waals surface area contributed by atoms with Crippen LogP contribution < -0.4 is 9.47 Å². The molecule has 0 bridgehead atoms. The van der Waals surface area contributed by atoms with Crippen LogP contribution in [-0.4, -0.2) is 20.8 Å². The number of alkyl halides is 2. The largest absolute Gasteiger partial charge is 0.586 e. The number of hydrogen-bond acceptors (Lipinski definition) is 7. The molecule has 0 aliphatic carbocycles. The number of aromatic nitrogens is 3. The highest BCUT2D eigenvalue weighted by Crippen LogP contribution is 2.42. The highest BCUT2D eigenvalue weighted by molar-refractivity contribution is 5.65. The first-order valence-electron chi connectivity index (χ1n) is 10.7. The van der Waals surface area contributed by atoms with E-state index in [2.05, 4.69) is 25.5 Å². The fourth-order valence-electron chi connectivity index (χ4n) is 3.87. The van der Waals surface area contributed by atoms with Crippen LogP contribution in [0.5, 0.6) is 11.5 Å². The summed E-state index contributed by atoms with van der Waals surface area (Å²) in [5, 5.41) is 18.6. The fourth-order valence-corrected chi connectivity index (χ4v) is 3.87. The van der Waals surface area contributed by atoms with Crippen molar-refractivity contribution in [1.82, 2.24) is 14.5 Å². The number of nitrogens with zero attached hydrogens (tertiary/aromatic N) is 5. The summed E-state index contributed by atoms with van der Waals surface area (Å²) in [6.45, 7) is 0.114. The molecule has 4 aromatic rings. The molecule has 10 heteroatoms. The molecule has 1 aliphatic rings. The molecule has 0 saturated heterocycles. The van der Waals surface area contributed by atoms with Gasteiger partial charge in [0.05, 0.1) is 42.2 Å². The standard InChI is InChI=1S/C26H17F2N5O3/c1-33-15-31-13-22(33)25(18-4-2-16(11-29)3-5-18)34-14-17-8-20(12-30)32-21(9-17)19-6-7-23-24(10-19)36-26(27,28)35-23/h2-10,13,15,25H,14H2,1H3. The van der Waals surface area contributed by atoms with Crippen LogP contribution in [0.4, 0.5) is 8.78 Å². The number of benzene rings is 2. The summed E-state index contributed by atoms with van der Waals surface area (Å²) in [4.78, 5) is 8.49. The maximum atomic E-state index is 13.4.